The number of aromatic nitrogens is 3. The van der Waals surface area contributed by atoms with Crippen LogP contribution in [0.2, 0.25) is 0 Å². The van der Waals surface area contributed by atoms with Gasteiger partial charge in [-0.1, -0.05) is 60.4 Å². The number of benzene rings is 2. The molecule has 0 amide bonds. The number of nitrogens with zero attached hydrogens (tertiary/aromatic N) is 2. The van der Waals surface area contributed by atoms with Gasteiger partial charge in [-0.25, -0.2) is 4.98 Å². The van der Waals surface area contributed by atoms with Crippen molar-refractivity contribution in [3.63, 3.8) is 0 Å². The Hall–Kier alpha value is -3.03. The number of nitrogens with one attached hydrogen (secondary N) is 1. The van der Waals surface area contributed by atoms with Crippen LogP contribution in [0.1, 0.15) is 12.5 Å². The second-order valence-electron chi connectivity index (χ2n) is 6.78. The number of hydrogen-bond donors (Lipinski definition) is 1. The lowest BCUT2D eigenvalue weighted by Gasteiger charge is -2.08. The van der Waals surface area contributed by atoms with E-state index in [-0.39, 0.29) is 5.56 Å². The summed E-state index contributed by atoms with van der Waals surface area (Å²) in [4.78, 5) is 20.3. The molecule has 4 aromatic rings. The van der Waals surface area contributed by atoms with E-state index in [1.54, 1.807) is 0 Å². The van der Waals surface area contributed by atoms with Crippen molar-refractivity contribution < 1.29 is 4.74 Å². The summed E-state index contributed by atoms with van der Waals surface area (Å²) in [5.41, 5.74) is 3.20. The Morgan fingerprint density at radius 2 is 2.03 bits per heavy atom. The Morgan fingerprint density at radius 1 is 1.24 bits per heavy atom. The summed E-state index contributed by atoms with van der Waals surface area (Å²) >= 11 is 6.79. The summed E-state index contributed by atoms with van der Waals surface area (Å²) in [6.45, 7) is 6.76. The Morgan fingerprint density at radius 3 is 2.79 bits per heavy atom. The second-order valence-corrected chi connectivity index (χ2v) is 8.42. The summed E-state index contributed by atoms with van der Waals surface area (Å²) in [7, 11) is 0. The largest absolute Gasteiger partial charge is 0.489 e. The van der Waals surface area contributed by atoms with Gasteiger partial charge in [-0.3, -0.25) is 4.79 Å². The van der Waals surface area contributed by atoms with Gasteiger partial charge in [0.05, 0.1) is 6.54 Å². The lowest BCUT2D eigenvalue weighted by atomic mass is 10.2. The van der Waals surface area contributed by atoms with Crippen LogP contribution in [0.4, 0.5) is 0 Å². The van der Waals surface area contributed by atoms with Crippen molar-refractivity contribution >= 4 is 33.9 Å². The van der Waals surface area contributed by atoms with Gasteiger partial charge >= 0.3 is 0 Å². The molecular formula is C22H19N3O2S2. The van der Waals surface area contributed by atoms with E-state index in [1.165, 1.54) is 11.3 Å². The van der Waals surface area contributed by atoms with Gasteiger partial charge in [0.2, 0.25) is 0 Å². The van der Waals surface area contributed by atoms with Crippen molar-refractivity contribution in [1.82, 2.24) is 14.5 Å². The van der Waals surface area contributed by atoms with E-state index in [4.69, 9.17) is 21.9 Å². The zero-order chi connectivity index (χ0) is 20.4. The van der Waals surface area contributed by atoms with Gasteiger partial charge in [-0.2, -0.15) is 0 Å². The monoisotopic (exact) mass is 421 g/mol. The summed E-state index contributed by atoms with van der Waals surface area (Å²) in [5, 5.41) is 0. The minimum Gasteiger partial charge on any atom is -0.489 e. The fourth-order valence-corrected chi connectivity index (χ4v) is 4.16. The molecule has 0 aliphatic carbocycles. The van der Waals surface area contributed by atoms with Crippen LogP contribution in [0.5, 0.6) is 5.75 Å². The van der Waals surface area contributed by atoms with Gasteiger partial charge in [0.15, 0.2) is 9.60 Å². The number of thiazole rings is 1. The van der Waals surface area contributed by atoms with Crippen LogP contribution < -0.4 is 10.3 Å². The number of H-pyrrole nitrogens is 1. The maximum Gasteiger partial charge on any atom is 0.270 e. The molecule has 0 radical (unpaired) electrons. The van der Waals surface area contributed by atoms with Crippen LogP contribution in [0.25, 0.3) is 21.7 Å². The van der Waals surface area contributed by atoms with E-state index in [1.807, 2.05) is 66.1 Å². The van der Waals surface area contributed by atoms with Crippen molar-refractivity contribution in [1.29, 1.82) is 0 Å². The third kappa shape index (κ3) is 4.21. The standard InChI is InChI=1S/C22H19N3O2S2/c1-14(2)13-27-17-10-6-9-16(11-17)19-23-20-18(21(26)24-19)29-22(28)25(20)12-15-7-4-3-5-8-15/h3-11H,1,12-13H2,2H3,(H,23,24,26). The first kappa shape index (κ1) is 19.3. The average molecular weight is 422 g/mol. The van der Waals surface area contributed by atoms with E-state index >= 15 is 0 Å². The van der Waals surface area contributed by atoms with Gasteiger partial charge in [-0.15, -0.1) is 0 Å². The zero-order valence-electron chi connectivity index (χ0n) is 15.8. The van der Waals surface area contributed by atoms with Crippen molar-refractivity contribution in [2.75, 3.05) is 6.61 Å². The minimum atomic E-state index is -0.193. The van der Waals surface area contributed by atoms with Crippen molar-refractivity contribution in [2.45, 2.75) is 13.5 Å². The maximum absolute atomic E-state index is 12.7. The molecule has 0 fully saturated rings. The van der Waals surface area contributed by atoms with Gasteiger partial charge in [0, 0.05) is 5.56 Å². The third-order valence-electron chi connectivity index (χ3n) is 4.30. The molecule has 0 saturated heterocycles. The molecular weight excluding hydrogens is 402 g/mol. The molecule has 2 aromatic heterocycles. The first-order valence-electron chi connectivity index (χ1n) is 9.06. The van der Waals surface area contributed by atoms with Crippen LogP contribution in [0, 0.1) is 3.95 Å². The highest BCUT2D eigenvalue weighted by Gasteiger charge is 2.14. The van der Waals surface area contributed by atoms with Crippen LogP contribution >= 0.6 is 23.6 Å². The first-order chi connectivity index (χ1) is 14.0. The van der Waals surface area contributed by atoms with E-state index in [2.05, 4.69) is 11.6 Å². The molecule has 5 nitrogen and oxygen atoms in total. The molecule has 1 N–H and O–H groups in total. The van der Waals surface area contributed by atoms with Crippen LogP contribution in [-0.2, 0) is 6.54 Å². The van der Waals surface area contributed by atoms with Gasteiger partial charge in [0.25, 0.3) is 5.56 Å². The summed E-state index contributed by atoms with van der Waals surface area (Å²) in [5.74, 6) is 1.18. The van der Waals surface area contributed by atoms with Gasteiger partial charge in [0.1, 0.15) is 22.9 Å². The summed E-state index contributed by atoms with van der Waals surface area (Å²) in [6, 6.07) is 17.5. The zero-order valence-corrected chi connectivity index (χ0v) is 17.5. The van der Waals surface area contributed by atoms with Crippen LogP contribution in [0.3, 0.4) is 0 Å². The molecule has 4 rings (SSSR count). The van der Waals surface area contributed by atoms with Crippen LogP contribution in [0.15, 0.2) is 71.5 Å². The van der Waals surface area contributed by atoms with Crippen molar-refractivity contribution in [3.05, 3.63) is 86.6 Å². The molecule has 0 saturated carbocycles. The Bertz CT molecular complexity index is 1300. The van der Waals surface area contributed by atoms with Gasteiger partial charge < -0.3 is 14.3 Å². The summed E-state index contributed by atoms with van der Waals surface area (Å²) < 4.78 is 8.78. The molecule has 29 heavy (non-hydrogen) atoms. The smallest absolute Gasteiger partial charge is 0.270 e. The van der Waals surface area contributed by atoms with E-state index in [0.717, 1.165) is 16.7 Å². The van der Waals surface area contributed by atoms with Crippen molar-refractivity contribution in [3.8, 4) is 17.1 Å². The normalized spacial score (nSPS) is 10.9. The molecule has 0 unspecified atom stereocenters. The number of hydrogen-bond acceptors (Lipinski definition) is 5. The number of aromatic amines is 1. The lowest BCUT2D eigenvalue weighted by molar-refractivity contribution is 0.353. The van der Waals surface area contributed by atoms with Crippen LogP contribution in [-0.4, -0.2) is 21.1 Å². The molecule has 0 bridgehead atoms. The number of fused-ring (bicyclic) bond motifs is 1. The molecule has 2 heterocycles. The fraction of sp³-hybridized carbons (Fsp3) is 0.136. The molecule has 0 aliphatic rings. The third-order valence-corrected chi connectivity index (χ3v) is 5.74. The Balaban J connectivity index is 1.78. The molecule has 0 atom stereocenters. The molecule has 0 spiro atoms. The van der Waals surface area contributed by atoms with Crippen molar-refractivity contribution in [2.24, 2.45) is 0 Å². The topological polar surface area (TPSA) is 59.9 Å². The van der Waals surface area contributed by atoms with E-state index < -0.39 is 0 Å². The lowest BCUT2D eigenvalue weighted by Crippen LogP contribution is -2.10. The number of ether oxygens (including phenoxy) is 1. The minimum absolute atomic E-state index is 0.193. The Labute approximate surface area is 177 Å². The highest BCUT2D eigenvalue weighted by Crippen LogP contribution is 2.25. The fourth-order valence-electron chi connectivity index (χ4n) is 2.94. The highest BCUT2D eigenvalue weighted by atomic mass is 32.1. The molecule has 0 aliphatic heterocycles. The molecule has 2 aromatic carbocycles. The SMILES string of the molecule is C=C(C)COc1cccc(-c2nc3c(sc(=S)n3Cc3ccccc3)c(=O)[nH]2)c1. The molecule has 7 heteroatoms. The number of rotatable bonds is 6. The quantitative estimate of drug-likeness (QED) is 0.344. The predicted molar refractivity (Wildman–Crippen MR) is 120 cm³/mol. The highest BCUT2D eigenvalue weighted by molar-refractivity contribution is 7.73. The average Bonchev–Trinajstić information content (AvgIpc) is 3.03. The van der Waals surface area contributed by atoms with E-state index in [0.29, 0.717) is 39.0 Å². The second kappa shape index (κ2) is 8.14. The van der Waals surface area contributed by atoms with Gasteiger partial charge in [-0.05, 0) is 42.4 Å². The maximum atomic E-state index is 12.7. The summed E-state index contributed by atoms with van der Waals surface area (Å²) in [6.07, 6.45) is 0. The molecule has 146 valence electrons. The predicted octanol–water partition coefficient (Wildman–Crippen LogP) is 5.19. The Kier molecular flexibility index (Phi) is 5.42. The van der Waals surface area contributed by atoms with E-state index in [9.17, 15) is 4.79 Å². The first-order valence-corrected chi connectivity index (χ1v) is 10.3.